The highest BCUT2D eigenvalue weighted by Gasteiger charge is 2.44. The number of pyridine rings is 1. The maximum atomic E-state index is 14.0. The van der Waals surface area contributed by atoms with Gasteiger partial charge in [-0.2, -0.15) is 0 Å². The van der Waals surface area contributed by atoms with Crippen molar-refractivity contribution in [3.8, 4) is 17.2 Å². The number of imide groups is 1. The van der Waals surface area contributed by atoms with E-state index in [9.17, 15) is 19.2 Å². The summed E-state index contributed by atoms with van der Waals surface area (Å²) in [5.41, 5.74) is 1.16. The van der Waals surface area contributed by atoms with E-state index in [2.05, 4.69) is 0 Å². The number of ether oxygens (including phenoxy) is 3. The molecule has 9 nitrogen and oxygen atoms in total. The number of rotatable bonds is 5. The summed E-state index contributed by atoms with van der Waals surface area (Å²) in [4.78, 5) is 60.8. The average molecular weight is 710 g/mol. The van der Waals surface area contributed by atoms with Crippen LogP contribution in [0.2, 0.25) is 20.1 Å². The number of methoxy groups -OCH3 is 3. The van der Waals surface area contributed by atoms with Gasteiger partial charge in [0.25, 0.3) is 11.8 Å². The number of hydrogen-bond donors (Lipinski definition) is 0. The summed E-state index contributed by atoms with van der Waals surface area (Å²) in [5.74, 6) is -2.60. The minimum absolute atomic E-state index is 0.0932. The number of carbonyl (C=O) groups excluding carboxylic acids is 4. The minimum Gasteiger partial charge on any atom is -0.492 e. The van der Waals surface area contributed by atoms with E-state index in [1.54, 1.807) is 36.4 Å². The molecule has 2 heterocycles. The topological polar surface area (TPSA) is 112 Å². The van der Waals surface area contributed by atoms with E-state index < -0.39 is 29.3 Å². The third-order valence-corrected chi connectivity index (χ3v) is 10.4. The number of Topliss-reactive ketones (excluding diaryl/α,β-unsaturated/α-hetero) is 2. The molecular weight excluding hydrogens is 690 g/mol. The molecule has 1 atom stereocenters. The Morgan fingerprint density at radius 3 is 1.79 bits per heavy atom. The first-order valence-corrected chi connectivity index (χ1v) is 15.5. The van der Waals surface area contributed by atoms with Crippen LogP contribution >= 0.6 is 46.4 Å². The highest BCUT2D eigenvalue weighted by atomic mass is 35.5. The van der Waals surface area contributed by atoms with E-state index in [0.717, 1.165) is 4.90 Å². The first kappa shape index (κ1) is 31.2. The Hall–Kier alpha value is -4.41. The lowest BCUT2D eigenvalue weighted by Crippen LogP contribution is -2.30. The molecule has 7 rings (SSSR count). The summed E-state index contributed by atoms with van der Waals surface area (Å²) in [6.07, 6.45) is 0. The number of anilines is 1. The standard InChI is InChI=1S/C34H20Cl4N2O7/c1-12-14-10-15-16(11-17(14)31(46-3)32(47-4)30(12)45-2)29(42)20(28(15)41)18-9-8-13-6-5-7-19(27(13)39-18)40-33(43)21-22(34(40)44)24(36)26(38)25(37)23(21)35/h5-11,20H,1-4H3. The Morgan fingerprint density at radius 2 is 1.23 bits per heavy atom. The third-order valence-electron chi connectivity index (χ3n) is 8.59. The zero-order valence-corrected chi connectivity index (χ0v) is 27.9. The zero-order chi connectivity index (χ0) is 33.6. The first-order chi connectivity index (χ1) is 22.5. The molecule has 2 amide bonds. The maximum Gasteiger partial charge on any atom is 0.267 e. The van der Waals surface area contributed by atoms with Crippen molar-refractivity contribution in [3.05, 3.63) is 96.1 Å². The fraction of sp³-hybridized carbons (Fsp3) is 0.147. The zero-order valence-electron chi connectivity index (χ0n) is 24.9. The molecule has 236 valence electrons. The van der Waals surface area contributed by atoms with Gasteiger partial charge in [-0.05, 0) is 36.6 Å². The molecule has 47 heavy (non-hydrogen) atoms. The number of ketones is 2. The monoisotopic (exact) mass is 708 g/mol. The molecule has 0 saturated heterocycles. The number of fused-ring (bicyclic) bond motifs is 4. The number of para-hydroxylation sites is 1. The normalized spacial score (nSPS) is 15.6. The van der Waals surface area contributed by atoms with E-state index in [0.29, 0.717) is 39.0 Å². The highest BCUT2D eigenvalue weighted by molar-refractivity contribution is 6.56. The SMILES string of the molecule is COc1c(OC)c(OC)c2cc3c(cc2c1C)C(=O)C(c1ccc2cccc(N4C(=O)c5c(Cl)c(Cl)c(Cl)c(Cl)c5C4=O)c2n1)C3=O. The van der Waals surface area contributed by atoms with Gasteiger partial charge < -0.3 is 14.2 Å². The number of halogens is 4. The molecule has 0 fully saturated rings. The Morgan fingerprint density at radius 1 is 0.681 bits per heavy atom. The summed E-state index contributed by atoms with van der Waals surface area (Å²) >= 11 is 25.1. The molecule has 0 saturated carbocycles. The molecule has 13 heteroatoms. The summed E-state index contributed by atoms with van der Waals surface area (Å²) in [6.45, 7) is 1.82. The summed E-state index contributed by atoms with van der Waals surface area (Å²) < 4.78 is 16.8. The van der Waals surface area contributed by atoms with Gasteiger partial charge in [0.15, 0.2) is 23.1 Å². The molecule has 5 aromatic rings. The summed E-state index contributed by atoms with van der Waals surface area (Å²) in [5, 5.41) is 1.02. The van der Waals surface area contributed by atoms with Gasteiger partial charge in [0, 0.05) is 27.5 Å². The van der Waals surface area contributed by atoms with Crippen LogP contribution in [0.1, 0.15) is 58.6 Å². The van der Waals surface area contributed by atoms with Crippen LogP contribution in [0, 0.1) is 6.92 Å². The van der Waals surface area contributed by atoms with Crippen molar-refractivity contribution in [3.63, 3.8) is 0 Å². The fourth-order valence-corrected chi connectivity index (χ4v) is 7.43. The van der Waals surface area contributed by atoms with E-state index >= 15 is 0 Å². The maximum absolute atomic E-state index is 14.0. The van der Waals surface area contributed by atoms with E-state index in [4.69, 9.17) is 65.6 Å². The van der Waals surface area contributed by atoms with Gasteiger partial charge in [-0.3, -0.25) is 19.2 Å². The Bertz CT molecular complexity index is 2270. The molecule has 0 radical (unpaired) electrons. The molecule has 1 aliphatic carbocycles. The second-order valence-corrected chi connectivity index (χ2v) is 12.4. The van der Waals surface area contributed by atoms with Gasteiger partial charge in [0.2, 0.25) is 5.75 Å². The molecule has 4 aromatic carbocycles. The fourth-order valence-electron chi connectivity index (χ4n) is 6.41. The number of aryl methyl sites for hydroxylation is 1. The Kier molecular flexibility index (Phi) is 7.37. The van der Waals surface area contributed by atoms with E-state index in [1.165, 1.54) is 27.4 Å². The quantitative estimate of drug-likeness (QED) is 0.0776. The molecule has 0 spiro atoms. The van der Waals surface area contributed by atoms with Gasteiger partial charge in [0.1, 0.15) is 5.92 Å². The molecule has 0 bridgehead atoms. The van der Waals surface area contributed by atoms with Crippen molar-refractivity contribution in [2.45, 2.75) is 12.8 Å². The second-order valence-electron chi connectivity index (χ2n) is 10.9. The van der Waals surface area contributed by atoms with Gasteiger partial charge in [-0.1, -0.05) is 64.6 Å². The molecule has 0 N–H and O–H groups in total. The average Bonchev–Trinajstić information content (AvgIpc) is 3.48. The predicted molar refractivity (Wildman–Crippen MR) is 179 cm³/mol. The van der Waals surface area contributed by atoms with Gasteiger partial charge in [-0.15, -0.1) is 0 Å². The van der Waals surface area contributed by atoms with Crippen LogP contribution < -0.4 is 19.1 Å². The van der Waals surface area contributed by atoms with Crippen LogP contribution in [0.5, 0.6) is 17.2 Å². The molecule has 1 aliphatic heterocycles. The van der Waals surface area contributed by atoms with Gasteiger partial charge >= 0.3 is 0 Å². The number of nitrogens with zero attached hydrogens (tertiary/aromatic N) is 2. The number of carbonyl (C=O) groups is 4. The minimum atomic E-state index is -1.28. The number of amides is 2. The second kappa shape index (κ2) is 11.1. The van der Waals surface area contributed by atoms with Crippen LogP contribution in [0.3, 0.4) is 0 Å². The molecular formula is C34H20Cl4N2O7. The van der Waals surface area contributed by atoms with Crippen molar-refractivity contribution in [1.82, 2.24) is 4.98 Å². The molecule has 1 unspecified atom stereocenters. The van der Waals surface area contributed by atoms with Crippen molar-refractivity contribution in [2.24, 2.45) is 0 Å². The largest absolute Gasteiger partial charge is 0.492 e. The number of benzene rings is 4. The summed E-state index contributed by atoms with van der Waals surface area (Å²) in [6, 6.07) is 11.4. The lowest BCUT2D eigenvalue weighted by molar-refractivity contribution is 0.0882. The number of hydrogen-bond acceptors (Lipinski definition) is 8. The van der Waals surface area contributed by atoms with Crippen LogP contribution in [0.25, 0.3) is 21.7 Å². The van der Waals surface area contributed by atoms with Crippen molar-refractivity contribution in [1.29, 1.82) is 0 Å². The van der Waals surface area contributed by atoms with Gasteiger partial charge in [-0.25, -0.2) is 9.88 Å². The lowest BCUT2D eigenvalue weighted by Gasteiger charge is -2.18. The smallest absolute Gasteiger partial charge is 0.267 e. The van der Waals surface area contributed by atoms with Crippen LogP contribution in [0.4, 0.5) is 5.69 Å². The van der Waals surface area contributed by atoms with E-state index in [-0.39, 0.29) is 59.2 Å². The predicted octanol–water partition coefficient (Wildman–Crippen LogP) is 8.30. The van der Waals surface area contributed by atoms with Crippen molar-refractivity contribution >= 4 is 97.1 Å². The highest BCUT2D eigenvalue weighted by Crippen LogP contribution is 2.49. The molecule has 2 aliphatic rings. The Labute approximate surface area is 286 Å². The van der Waals surface area contributed by atoms with E-state index in [1.807, 2.05) is 6.92 Å². The third kappa shape index (κ3) is 4.20. The Balaban J connectivity index is 1.37. The molecule has 1 aromatic heterocycles. The number of aromatic nitrogens is 1. The van der Waals surface area contributed by atoms with Crippen molar-refractivity contribution in [2.75, 3.05) is 26.2 Å². The van der Waals surface area contributed by atoms with Crippen molar-refractivity contribution < 1.29 is 33.4 Å². The lowest BCUT2D eigenvalue weighted by atomic mass is 9.97. The van der Waals surface area contributed by atoms with Gasteiger partial charge in [0.05, 0.1) is 69.4 Å². The summed E-state index contributed by atoms with van der Waals surface area (Å²) in [7, 11) is 4.47. The first-order valence-electron chi connectivity index (χ1n) is 14.0. The van der Waals surface area contributed by atoms with Crippen LogP contribution in [-0.4, -0.2) is 49.7 Å². The van der Waals surface area contributed by atoms with Crippen LogP contribution in [0.15, 0.2) is 42.5 Å². The van der Waals surface area contributed by atoms with Crippen LogP contribution in [-0.2, 0) is 0 Å².